The zero-order valence-corrected chi connectivity index (χ0v) is 14.1. The highest BCUT2D eigenvalue weighted by Crippen LogP contribution is 2.26. The number of carbonyl (C=O) groups excluding carboxylic acids is 1. The second-order valence-corrected chi connectivity index (χ2v) is 5.99. The van der Waals surface area contributed by atoms with Gasteiger partial charge in [0.1, 0.15) is 17.7 Å². The summed E-state index contributed by atoms with van der Waals surface area (Å²) in [5.41, 5.74) is 1.87. The Balaban J connectivity index is 1.71. The van der Waals surface area contributed by atoms with E-state index in [1.54, 1.807) is 23.1 Å². The van der Waals surface area contributed by atoms with Crippen LogP contribution in [-0.4, -0.2) is 27.2 Å². The van der Waals surface area contributed by atoms with E-state index in [-0.39, 0.29) is 11.9 Å². The molecule has 7 heteroatoms. The molecule has 0 aliphatic heterocycles. The largest absolute Gasteiger partial charge is 0.356 e. The van der Waals surface area contributed by atoms with E-state index in [9.17, 15) is 13.6 Å². The minimum atomic E-state index is -0.613. The first kappa shape index (κ1) is 17.1. The van der Waals surface area contributed by atoms with Crippen molar-refractivity contribution in [3.05, 3.63) is 53.5 Å². The third-order valence-electron chi connectivity index (χ3n) is 4.35. The number of nitrogens with zero attached hydrogens (tertiary/aromatic N) is 2. The number of hydrogen-bond donors (Lipinski definition) is 2. The number of halogens is 2. The van der Waals surface area contributed by atoms with Gasteiger partial charge in [0.15, 0.2) is 0 Å². The number of carbonyl (C=O) groups is 1. The highest BCUT2D eigenvalue weighted by Gasteiger charge is 2.19. The third-order valence-corrected chi connectivity index (χ3v) is 4.35. The molecule has 3 aromatic rings. The van der Waals surface area contributed by atoms with Gasteiger partial charge < -0.3 is 10.3 Å². The van der Waals surface area contributed by atoms with Crippen molar-refractivity contribution in [3.8, 4) is 0 Å². The van der Waals surface area contributed by atoms with E-state index >= 15 is 0 Å². The number of fused-ring (bicyclic) bond motifs is 1. The van der Waals surface area contributed by atoms with E-state index in [1.165, 1.54) is 6.07 Å². The van der Waals surface area contributed by atoms with Gasteiger partial charge in [-0.3, -0.25) is 9.48 Å². The van der Waals surface area contributed by atoms with E-state index in [2.05, 4.69) is 15.4 Å². The summed E-state index contributed by atoms with van der Waals surface area (Å²) in [6.45, 7) is 4.11. The van der Waals surface area contributed by atoms with Gasteiger partial charge in [-0.1, -0.05) is 6.92 Å². The summed E-state index contributed by atoms with van der Waals surface area (Å²) in [6.07, 6.45) is 4.49. The fourth-order valence-corrected chi connectivity index (χ4v) is 3.11. The van der Waals surface area contributed by atoms with Crippen LogP contribution >= 0.6 is 0 Å². The van der Waals surface area contributed by atoms with E-state index in [4.69, 9.17) is 0 Å². The minimum absolute atomic E-state index is 0.124. The van der Waals surface area contributed by atoms with Gasteiger partial charge in [-0.25, -0.2) is 8.78 Å². The molecule has 0 aliphatic carbocycles. The fraction of sp³-hybridized carbons (Fsp3) is 0.333. The van der Waals surface area contributed by atoms with Crippen molar-refractivity contribution in [1.82, 2.24) is 20.1 Å². The second-order valence-electron chi connectivity index (χ2n) is 5.99. The Morgan fingerprint density at radius 1 is 1.40 bits per heavy atom. The standard InChI is InChI=1S/C18H20F2N4O/c1-3-16(24-8-4-6-22-24)18(25)21-7-5-13-11(2)23-17-14(13)9-12(19)10-15(17)20/h4,6,8-10,16,23H,3,5,7H2,1-2H3,(H,21,25). The fourth-order valence-electron chi connectivity index (χ4n) is 3.11. The van der Waals surface area contributed by atoms with Gasteiger partial charge in [-0.05, 0) is 37.5 Å². The molecule has 0 spiro atoms. The summed E-state index contributed by atoms with van der Waals surface area (Å²) in [6, 6.07) is 3.58. The molecule has 2 aromatic heterocycles. The SMILES string of the molecule is CCC(C(=O)NCCc1c(C)[nH]c2c(F)cc(F)cc12)n1cccn1. The molecule has 1 unspecified atom stereocenters. The van der Waals surface area contributed by atoms with E-state index in [0.717, 1.165) is 17.3 Å². The molecular formula is C18H20F2N4O. The molecule has 0 bridgehead atoms. The van der Waals surface area contributed by atoms with E-state index < -0.39 is 11.6 Å². The molecule has 1 aromatic carbocycles. The number of aromatic amines is 1. The molecule has 2 N–H and O–H groups in total. The van der Waals surface area contributed by atoms with Gasteiger partial charge in [0.05, 0.1) is 5.52 Å². The van der Waals surface area contributed by atoms with Crippen LogP contribution in [0.25, 0.3) is 10.9 Å². The number of amides is 1. The summed E-state index contributed by atoms with van der Waals surface area (Å²) in [5, 5.41) is 7.51. The monoisotopic (exact) mass is 346 g/mol. The van der Waals surface area contributed by atoms with Crippen molar-refractivity contribution in [3.63, 3.8) is 0 Å². The molecule has 0 saturated heterocycles. The highest BCUT2D eigenvalue weighted by molar-refractivity contribution is 5.85. The van der Waals surface area contributed by atoms with Crippen LogP contribution in [0.5, 0.6) is 0 Å². The maximum Gasteiger partial charge on any atom is 0.244 e. The van der Waals surface area contributed by atoms with Gasteiger partial charge in [-0.15, -0.1) is 0 Å². The molecular weight excluding hydrogens is 326 g/mol. The predicted octanol–water partition coefficient (Wildman–Crippen LogP) is 3.26. The Labute approximate surface area is 144 Å². The van der Waals surface area contributed by atoms with Crippen molar-refractivity contribution >= 4 is 16.8 Å². The summed E-state index contributed by atoms with van der Waals surface area (Å²) >= 11 is 0. The number of rotatable bonds is 6. The van der Waals surface area contributed by atoms with Crippen molar-refractivity contribution in [2.45, 2.75) is 32.7 Å². The summed E-state index contributed by atoms with van der Waals surface area (Å²) < 4.78 is 29.0. The van der Waals surface area contributed by atoms with E-state index in [0.29, 0.717) is 30.3 Å². The molecule has 0 fully saturated rings. The smallest absolute Gasteiger partial charge is 0.244 e. The Kier molecular flexibility index (Phi) is 4.83. The first-order valence-corrected chi connectivity index (χ1v) is 8.24. The highest BCUT2D eigenvalue weighted by atomic mass is 19.1. The van der Waals surface area contributed by atoms with E-state index in [1.807, 2.05) is 13.8 Å². The van der Waals surface area contributed by atoms with Crippen LogP contribution in [0.3, 0.4) is 0 Å². The molecule has 0 saturated carbocycles. The molecule has 3 rings (SSSR count). The summed E-state index contributed by atoms with van der Waals surface area (Å²) in [7, 11) is 0. The first-order valence-electron chi connectivity index (χ1n) is 8.24. The maximum absolute atomic E-state index is 13.8. The van der Waals surface area contributed by atoms with Crippen molar-refractivity contribution in [1.29, 1.82) is 0 Å². The maximum atomic E-state index is 13.8. The van der Waals surface area contributed by atoms with Crippen LogP contribution in [-0.2, 0) is 11.2 Å². The van der Waals surface area contributed by atoms with Crippen LogP contribution in [0.15, 0.2) is 30.6 Å². The van der Waals surface area contributed by atoms with Gasteiger partial charge in [0.25, 0.3) is 0 Å². The molecule has 1 amide bonds. The second kappa shape index (κ2) is 7.04. The van der Waals surface area contributed by atoms with Crippen LogP contribution in [0.1, 0.15) is 30.6 Å². The molecule has 0 aliphatic rings. The predicted molar refractivity (Wildman–Crippen MR) is 91.2 cm³/mol. The lowest BCUT2D eigenvalue weighted by atomic mass is 10.1. The Morgan fingerprint density at radius 2 is 2.20 bits per heavy atom. The van der Waals surface area contributed by atoms with Crippen molar-refractivity contribution in [2.24, 2.45) is 0 Å². The van der Waals surface area contributed by atoms with Crippen molar-refractivity contribution < 1.29 is 13.6 Å². The minimum Gasteiger partial charge on any atom is -0.356 e. The van der Waals surface area contributed by atoms with Crippen molar-refractivity contribution in [2.75, 3.05) is 6.54 Å². The average Bonchev–Trinajstić information content (AvgIpc) is 3.18. The molecule has 0 radical (unpaired) electrons. The van der Waals surface area contributed by atoms with Gasteiger partial charge in [-0.2, -0.15) is 5.10 Å². The summed E-state index contributed by atoms with van der Waals surface area (Å²) in [5.74, 6) is -1.35. The average molecular weight is 346 g/mol. The Hall–Kier alpha value is -2.70. The number of hydrogen-bond acceptors (Lipinski definition) is 2. The number of benzene rings is 1. The van der Waals surface area contributed by atoms with Gasteiger partial charge in [0.2, 0.25) is 5.91 Å². The summed E-state index contributed by atoms with van der Waals surface area (Å²) in [4.78, 5) is 15.3. The van der Waals surface area contributed by atoms with Gasteiger partial charge in [0, 0.05) is 36.1 Å². The lowest BCUT2D eigenvalue weighted by molar-refractivity contribution is -0.124. The lowest BCUT2D eigenvalue weighted by Crippen LogP contribution is -2.33. The molecule has 132 valence electrons. The third kappa shape index (κ3) is 3.40. The molecule has 25 heavy (non-hydrogen) atoms. The topological polar surface area (TPSA) is 62.7 Å². The Morgan fingerprint density at radius 3 is 2.88 bits per heavy atom. The zero-order valence-electron chi connectivity index (χ0n) is 14.1. The quantitative estimate of drug-likeness (QED) is 0.720. The Bertz CT molecular complexity index is 886. The number of H-pyrrole nitrogens is 1. The molecule has 5 nitrogen and oxygen atoms in total. The molecule has 1 atom stereocenters. The molecule has 2 heterocycles. The first-order chi connectivity index (χ1) is 12.0. The number of aryl methyl sites for hydroxylation is 1. The normalized spacial score (nSPS) is 12.5. The number of aromatic nitrogens is 3. The van der Waals surface area contributed by atoms with Crippen LogP contribution < -0.4 is 5.32 Å². The van der Waals surface area contributed by atoms with Crippen LogP contribution in [0, 0.1) is 18.6 Å². The lowest BCUT2D eigenvalue weighted by Gasteiger charge is -2.15. The van der Waals surface area contributed by atoms with Gasteiger partial charge >= 0.3 is 0 Å². The van der Waals surface area contributed by atoms with Crippen LogP contribution in [0.2, 0.25) is 0 Å². The zero-order chi connectivity index (χ0) is 18.0. The number of nitrogens with one attached hydrogen (secondary N) is 2. The van der Waals surface area contributed by atoms with Crippen LogP contribution in [0.4, 0.5) is 8.78 Å².